The Labute approximate surface area is 75.4 Å². The first kappa shape index (κ1) is 10.0. The SMILES string of the molecule is NCCC1(O)C=CC(O)=C(O)C1O. The van der Waals surface area contributed by atoms with Crippen LogP contribution in [0.3, 0.4) is 0 Å². The molecule has 0 aromatic carbocycles. The summed E-state index contributed by atoms with van der Waals surface area (Å²) in [6.45, 7) is 0.173. The maximum Gasteiger partial charge on any atom is 0.166 e. The molecule has 2 atom stereocenters. The van der Waals surface area contributed by atoms with Crippen LogP contribution in [0.1, 0.15) is 6.42 Å². The number of hydrogen-bond donors (Lipinski definition) is 5. The van der Waals surface area contributed by atoms with Crippen molar-refractivity contribution in [1.82, 2.24) is 0 Å². The molecule has 5 nitrogen and oxygen atoms in total. The molecule has 0 spiro atoms. The summed E-state index contributed by atoms with van der Waals surface area (Å²) in [5.41, 5.74) is 3.64. The van der Waals surface area contributed by atoms with Crippen LogP contribution in [0.2, 0.25) is 0 Å². The summed E-state index contributed by atoms with van der Waals surface area (Å²) in [5, 5.41) is 37.2. The minimum Gasteiger partial charge on any atom is -0.506 e. The van der Waals surface area contributed by atoms with E-state index in [0.29, 0.717) is 0 Å². The zero-order chi connectivity index (χ0) is 10.1. The Morgan fingerprint density at radius 1 is 1.46 bits per heavy atom. The fraction of sp³-hybridized carbons (Fsp3) is 0.500. The fourth-order valence-electron chi connectivity index (χ4n) is 1.23. The van der Waals surface area contributed by atoms with E-state index in [-0.39, 0.29) is 13.0 Å². The molecule has 0 aromatic heterocycles. The summed E-state index contributed by atoms with van der Waals surface area (Å²) >= 11 is 0. The van der Waals surface area contributed by atoms with E-state index in [0.717, 1.165) is 6.08 Å². The van der Waals surface area contributed by atoms with Crippen LogP contribution in [0.25, 0.3) is 0 Å². The van der Waals surface area contributed by atoms with Crippen molar-refractivity contribution in [2.45, 2.75) is 18.1 Å². The van der Waals surface area contributed by atoms with Gasteiger partial charge in [0, 0.05) is 0 Å². The molecule has 2 unspecified atom stereocenters. The number of aliphatic hydroxyl groups excluding tert-OH is 3. The fourth-order valence-corrected chi connectivity index (χ4v) is 1.23. The summed E-state index contributed by atoms with van der Waals surface area (Å²) < 4.78 is 0. The molecule has 1 aliphatic carbocycles. The molecule has 6 N–H and O–H groups in total. The standard InChI is InChI=1S/C8H13NO4/c9-4-3-8(13)2-1-5(10)6(11)7(8)12/h1-2,7,10-13H,3-4,9H2. The van der Waals surface area contributed by atoms with Gasteiger partial charge >= 0.3 is 0 Å². The molecule has 74 valence electrons. The number of hydrogen-bond acceptors (Lipinski definition) is 5. The normalized spacial score (nSPS) is 33.9. The Hall–Kier alpha value is -1.04. The van der Waals surface area contributed by atoms with Gasteiger partial charge in [0.05, 0.1) is 0 Å². The Morgan fingerprint density at radius 2 is 2.08 bits per heavy atom. The second-order valence-electron chi connectivity index (χ2n) is 3.04. The van der Waals surface area contributed by atoms with Crippen molar-refractivity contribution in [2.75, 3.05) is 6.54 Å². The van der Waals surface area contributed by atoms with E-state index in [9.17, 15) is 10.2 Å². The van der Waals surface area contributed by atoms with Crippen LogP contribution in [0.4, 0.5) is 0 Å². The van der Waals surface area contributed by atoms with Gasteiger partial charge < -0.3 is 26.2 Å². The molecule has 0 saturated carbocycles. The average molecular weight is 187 g/mol. The predicted molar refractivity (Wildman–Crippen MR) is 46.1 cm³/mol. The van der Waals surface area contributed by atoms with Crippen LogP contribution >= 0.6 is 0 Å². The lowest BCUT2D eigenvalue weighted by atomic mass is 9.87. The van der Waals surface area contributed by atoms with Crippen molar-refractivity contribution in [3.8, 4) is 0 Å². The topological polar surface area (TPSA) is 107 Å². The summed E-state index contributed by atoms with van der Waals surface area (Å²) in [6, 6.07) is 0. The molecule has 1 aliphatic rings. The van der Waals surface area contributed by atoms with Gasteiger partial charge in [-0.3, -0.25) is 0 Å². The number of allylic oxidation sites excluding steroid dienone is 1. The first-order valence-corrected chi connectivity index (χ1v) is 3.93. The van der Waals surface area contributed by atoms with Gasteiger partial charge in [0.15, 0.2) is 11.5 Å². The van der Waals surface area contributed by atoms with Gasteiger partial charge in [-0.15, -0.1) is 0 Å². The van der Waals surface area contributed by atoms with Crippen molar-refractivity contribution in [2.24, 2.45) is 5.73 Å². The molecule has 0 saturated heterocycles. The largest absolute Gasteiger partial charge is 0.506 e. The molecule has 0 amide bonds. The Balaban J connectivity index is 2.91. The van der Waals surface area contributed by atoms with Gasteiger partial charge in [0.1, 0.15) is 11.7 Å². The summed E-state index contributed by atoms with van der Waals surface area (Å²) in [6.07, 6.45) is 0.959. The molecule has 0 bridgehead atoms. The van der Waals surface area contributed by atoms with Crippen molar-refractivity contribution in [1.29, 1.82) is 0 Å². The summed E-state index contributed by atoms with van der Waals surface area (Å²) in [4.78, 5) is 0. The van der Waals surface area contributed by atoms with Crippen LogP contribution in [-0.2, 0) is 0 Å². The molecule has 0 heterocycles. The monoisotopic (exact) mass is 187 g/mol. The highest BCUT2D eigenvalue weighted by atomic mass is 16.4. The van der Waals surface area contributed by atoms with Gasteiger partial charge in [0.25, 0.3) is 0 Å². The highest BCUT2D eigenvalue weighted by Crippen LogP contribution is 2.27. The van der Waals surface area contributed by atoms with Crippen LogP contribution in [0.5, 0.6) is 0 Å². The molecule has 5 heteroatoms. The zero-order valence-corrected chi connectivity index (χ0v) is 7.01. The third-order valence-corrected chi connectivity index (χ3v) is 2.07. The molecule has 0 fully saturated rings. The van der Waals surface area contributed by atoms with Gasteiger partial charge in [0.2, 0.25) is 0 Å². The van der Waals surface area contributed by atoms with Crippen LogP contribution in [0, 0.1) is 0 Å². The third-order valence-electron chi connectivity index (χ3n) is 2.07. The minimum atomic E-state index is -1.58. The van der Waals surface area contributed by atoms with Crippen LogP contribution < -0.4 is 5.73 Å². The zero-order valence-electron chi connectivity index (χ0n) is 7.01. The summed E-state index contributed by atoms with van der Waals surface area (Å²) in [7, 11) is 0. The lowest BCUT2D eigenvalue weighted by molar-refractivity contribution is -0.0470. The molecule has 0 aromatic rings. The molecular formula is C8H13NO4. The number of nitrogens with two attached hydrogens (primary N) is 1. The van der Waals surface area contributed by atoms with Crippen LogP contribution in [-0.4, -0.2) is 38.7 Å². The maximum atomic E-state index is 9.71. The van der Waals surface area contributed by atoms with E-state index < -0.39 is 23.2 Å². The predicted octanol–water partition coefficient (Wildman–Crippen LogP) is -0.675. The van der Waals surface area contributed by atoms with Gasteiger partial charge in [-0.2, -0.15) is 0 Å². The highest BCUT2D eigenvalue weighted by Gasteiger charge is 2.38. The number of rotatable bonds is 2. The smallest absolute Gasteiger partial charge is 0.166 e. The van der Waals surface area contributed by atoms with E-state index in [4.69, 9.17) is 15.9 Å². The van der Waals surface area contributed by atoms with Crippen molar-refractivity contribution >= 4 is 0 Å². The quantitative estimate of drug-likeness (QED) is 0.394. The van der Waals surface area contributed by atoms with Gasteiger partial charge in [-0.05, 0) is 25.1 Å². The first-order valence-electron chi connectivity index (χ1n) is 3.93. The van der Waals surface area contributed by atoms with Gasteiger partial charge in [-0.25, -0.2) is 0 Å². The average Bonchev–Trinajstić information content (AvgIpc) is 2.10. The maximum absolute atomic E-state index is 9.71. The van der Waals surface area contributed by atoms with Crippen molar-refractivity contribution in [3.05, 3.63) is 23.7 Å². The molecular weight excluding hydrogens is 174 g/mol. The lowest BCUT2D eigenvalue weighted by Gasteiger charge is -2.31. The second-order valence-corrected chi connectivity index (χ2v) is 3.04. The van der Waals surface area contributed by atoms with E-state index >= 15 is 0 Å². The highest BCUT2D eigenvalue weighted by molar-refractivity contribution is 5.30. The molecule has 1 rings (SSSR count). The van der Waals surface area contributed by atoms with Crippen molar-refractivity contribution in [3.63, 3.8) is 0 Å². The first-order chi connectivity index (χ1) is 6.01. The summed E-state index contributed by atoms with van der Waals surface area (Å²) in [5.74, 6) is -1.06. The second kappa shape index (κ2) is 3.37. The minimum absolute atomic E-state index is 0.113. The van der Waals surface area contributed by atoms with E-state index in [1.165, 1.54) is 6.08 Å². The Bertz CT molecular complexity index is 261. The third kappa shape index (κ3) is 1.67. The molecule has 13 heavy (non-hydrogen) atoms. The lowest BCUT2D eigenvalue weighted by Crippen LogP contribution is -2.45. The van der Waals surface area contributed by atoms with E-state index in [1.807, 2.05) is 0 Å². The van der Waals surface area contributed by atoms with E-state index in [1.54, 1.807) is 0 Å². The van der Waals surface area contributed by atoms with Crippen LogP contribution in [0.15, 0.2) is 23.7 Å². The van der Waals surface area contributed by atoms with Gasteiger partial charge in [-0.1, -0.05) is 0 Å². The Kier molecular flexibility index (Phi) is 2.60. The Morgan fingerprint density at radius 3 is 2.62 bits per heavy atom. The van der Waals surface area contributed by atoms with E-state index in [2.05, 4.69) is 0 Å². The number of aliphatic hydroxyl groups is 4. The molecule has 0 aliphatic heterocycles. The van der Waals surface area contributed by atoms with Crippen molar-refractivity contribution < 1.29 is 20.4 Å². The molecule has 0 radical (unpaired) electrons.